The van der Waals surface area contributed by atoms with Gasteiger partial charge < -0.3 is 15.7 Å². The van der Waals surface area contributed by atoms with Gasteiger partial charge in [0.2, 0.25) is 0 Å². The highest BCUT2D eigenvalue weighted by atomic mass is 35.5. The zero-order valence-corrected chi connectivity index (χ0v) is 16.9. The molecule has 1 aliphatic rings. The number of carbonyl (C=O) groups is 3. The van der Waals surface area contributed by atoms with Crippen LogP contribution in [-0.4, -0.2) is 22.8 Å². The molecular weight excluding hydrogens is 392 g/mol. The lowest BCUT2D eigenvalue weighted by molar-refractivity contribution is -0.116. The lowest BCUT2D eigenvalue weighted by Crippen LogP contribution is -2.16. The van der Waals surface area contributed by atoms with Crippen molar-refractivity contribution in [1.82, 2.24) is 0 Å². The van der Waals surface area contributed by atoms with Gasteiger partial charge in [0, 0.05) is 28.9 Å². The first-order valence-corrected chi connectivity index (χ1v) is 9.59. The molecule has 1 amide bonds. The summed E-state index contributed by atoms with van der Waals surface area (Å²) in [6.07, 6.45) is 2.08. The number of benzene rings is 2. The minimum absolute atomic E-state index is 0.115. The van der Waals surface area contributed by atoms with Gasteiger partial charge in [0.1, 0.15) is 0 Å². The maximum atomic E-state index is 12.7. The lowest BCUT2D eigenvalue weighted by Gasteiger charge is -2.19. The molecule has 0 heterocycles. The van der Waals surface area contributed by atoms with Crippen molar-refractivity contribution < 1.29 is 19.5 Å². The second-order valence-electron chi connectivity index (χ2n) is 6.99. The number of carbonyl (C=O) groups excluding carboxylic acids is 2. The molecule has 0 spiro atoms. The van der Waals surface area contributed by atoms with Crippen LogP contribution in [0.1, 0.15) is 52.5 Å². The second-order valence-corrected chi connectivity index (χ2v) is 7.40. The number of amides is 1. The van der Waals surface area contributed by atoms with Crippen molar-refractivity contribution >= 4 is 40.6 Å². The minimum atomic E-state index is -1.02. The predicted octanol–water partition coefficient (Wildman–Crippen LogP) is 5.04. The van der Waals surface area contributed by atoms with Crippen LogP contribution in [0.15, 0.2) is 47.7 Å². The first kappa shape index (κ1) is 20.6. The number of halogens is 1. The third-order valence-electron chi connectivity index (χ3n) is 4.94. The first-order chi connectivity index (χ1) is 13.8. The second kappa shape index (κ2) is 8.49. The molecule has 0 saturated carbocycles. The maximum absolute atomic E-state index is 12.7. The fraction of sp³-hybridized carbons (Fsp3) is 0.227. The molecule has 0 aromatic heterocycles. The van der Waals surface area contributed by atoms with Crippen molar-refractivity contribution in [3.05, 3.63) is 69.4 Å². The Labute approximate surface area is 173 Å². The molecule has 2 aromatic rings. The Morgan fingerprint density at radius 1 is 1.00 bits per heavy atom. The van der Waals surface area contributed by atoms with Crippen LogP contribution in [0.4, 0.5) is 11.4 Å². The van der Waals surface area contributed by atoms with Crippen LogP contribution in [0.2, 0.25) is 5.02 Å². The number of carboxylic acids is 1. The van der Waals surface area contributed by atoms with Gasteiger partial charge in [0.05, 0.1) is 16.3 Å². The average Bonchev–Trinajstić information content (AvgIpc) is 2.68. The van der Waals surface area contributed by atoms with Gasteiger partial charge in [0.15, 0.2) is 5.78 Å². The summed E-state index contributed by atoms with van der Waals surface area (Å²) in [6.45, 7) is 3.52. The molecule has 0 atom stereocenters. The number of hydrogen-bond donors (Lipinski definition) is 3. The number of aromatic carboxylic acids is 1. The SMILES string of the molecule is CC1=C(Nc2cc(C(=O)Nc3ccc(C(=O)O)cc3C)ccc2Cl)CCCC1=O. The molecule has 7 heteroatoms. The van der Waals surface area contributed by atoms with Gasteiger partial charge >= 0.3 is 5.97 Å². The summed E-state index contributed by atoms with van der Waals surface area (Å²) >= 11 is 6.28. The minimum Gasteiger partial charge on any atom is -0.478 e. The molecule has 150 valence electrons. The van der Waals surface area contributed by atoms with E-state index in [-0.39, 0.29) is 17.3 Å². The summed E-state index contributed by atoms with van der Waals surface area (Å²) in [4.78, 5) is 35.7. The summed E-state index contributed by atoms with van der Waals surface area (Å²) < 4.78 is 0. The van der Waals surface area contributed by atoms with E-state index in [1.807, 2.05) is 0 Å². The van der Waals surface area contributed by atoms with Gasteiger partial charge in [-0.2, -0.15) is 0 Å². The lowest BCUT2D eigenvalue weighted by atomic mass is 9.96. The fourth-order valence-corrected chi connectivity index (χ4v) is 3.35. The number of allylic oxidation sites excluding steroid dienone is 2. The number of anilines is 2. The average molecular weight is 413 g/mol. The Morgan fingerprint density at radius 2 is 1.72 bits per heavy atom. The first-order valence-electron chi connectivity index (χ1n) is 9.21. The van der Waals surface area contributed by atoms with Crippen LogP contribution >= 0.6 is 11.6 Å². The fourth-order valence-electron chi connectivity index (χ4n) is 3.18. The van der Waals surface area contributed by atoms with E-state index in [1.54, 1.807) is 38.1 Å². The highest BCUT2D eigenvalue weighted by molar-refractivity contribution is 6.33. The smallest absolute Gasteiger partial charge is 0.335 e. The van der Waals surface area contributed by atoms with Crippen LogP contribution in [-0.2, 0) is 4.79 Å². The third-order valence-corrected chi connectivity index (χ3v) is 5.27. The zero-order chi connectivity index (χ0) is 21.1. The van der Waals surface area contributed by atoms with Crippen molar-refractivity contribution in [3.8, 4) is 0 Å². The van der Waals surface area contributed by atoms with Crippen LogP contribution in [0.5, 0.6) is 0 Å². The summed E-state index contributed by atoms with van der Waals surface area (Å²) in [5.74, 6) is -1.25. The topological polar surface area (TPSA) is 95.5 Å². The molecule has 0 fully saturated rings. The Morgan fingerprint density at radius 3 is 2.41 bits per heavy atom. The van der Waals surface area contributed by atoms with E-state index in [2.05, 4.69) is 10.6 Å². The van der Waals surface area contributed by atoms with Crippen LogP contribution < -0.4 is 10.6 Å². The maximum Gasteiger partial charge on any atom is 0.335 e. The number of aryl methyl sites for hydroxylation is 1. The molecule has 0 aliphatic heterocycles. The Balaban J connectivity index is 1.82. The Hall–Kier alpha value is -3.12. The third kappa shape index (κ3) is 4.66. The van der Waals surface area contributed by atoms with Gasteiger partial charge in [-0.25, -0.2) is 4.79 Å². The van der Waals surface area contributed by atoms with E-state index >= 15 is 0 Å². The Bertz CT molecular complexity index is 1040. The predicted molar refractivity (Wildman–Crippen MR) is 113 cm³/mol. The summed E-state index contributed by atoms with van der Waals surface area (Å²) in [5.41, 5.74) is 3.79. The van der Waals surface area contributed by atoms with E-state index in [0.717, 1.165) is 18.5 Å². The van der Waals surface area contributed by atoms with Gasteiger partial charge in [-0.3, -0.25) is 9.59 Å². The number of Topliss-reactive ketones (excluding diaryl/α,β-unsaturated/α-hetero) is 1. The largest absolute Gasteiger partial charge is 0.478 e. The van der Waals surface area contributed by atoms with E-state index in [9.17, 15) is 14.4 Å². The zero-order valence-electron chi connectivity index (χ0n) is 16.1. The summed E-state index contributed by atoms with van der Waals surface area (Å²) in [6, 6.07) is 9.37. The van der Waals surface area contributed by atoms with Crippen molar-refractivity contribution in [2.24, 2.45) is 0 Å². The molecular formula is C22H21ClN2O4. The van der Waals surface area contributed by atoms with Crippen LogP contribution in [0.3, 0.4) is 0 Å². The van der Waals surface area contributed by atoms with Gasteiger partial charge in [-0.15, -0.1) is 0 Å². The number of nitrogens with one attached hydrogen (secondary N) is 2. The molecule has 0 radical (unpaired) electrons. The van der Waals surface area contributed by atoms with Crippen molar-refractivity contribution in [2.75, 3.05) is 10.6 Å². The monoisotopic (exact) mass is 412 g/mol. The van der Waals surface area contributed by atoms with Gasteiger partial charge in [-0.1, -0.05) is 11.6 Å². The highest BCUT2D eigenvalue weighted by Gasteiger charge is 2.18. The molecule has 29 heavy (non-hydrogen) atoms. The number of rotatable bonds is 5. The van der Waals surface area contributed by atoms with E-state index in [4.69, 9.17) is 16.7 Å². The normalized spacial score (nSPS) is 14.0. The number of hydrogen-bond acceptors (Lipinski definition) is 4. The van der Waals surface area contributed by atoms with Crippen molar-refractivity contribution in [1.29, 1.82) is 0 Å². The molecule has 0 unspecified atom stereocenters. The van der Waals surface area contributed by atoms with E-state index in [1.165, 1.54) is 12.1 Å². The molecule has 2 aromatic carbocycles. The van der Waals surface area contributed by atoms with Crippen molar-refractivity contribution in [3.63, 3.8) is 0 Å². The van der Waals surface area contributed by atoms with Gasteiger partial charge in [-0.05, 0) is 68.7 Å². The molecule has 1 aliphatic carbocycles. The summed E-state index contributed by atoms with van der Waals surface area (Å²) in [5, 5.41) is 15.5. The molecule has 3 rings (SSSR count). The van der Waals surface area contributed by atoms with E-state index in [0.29, 0.717) is 39.5 Å². The quantitative estimate of drug-likeness (QED) is 0.639. The molecule has 6 nitrogen and oxygen atoms in total. The molecule has 0 saturated heterocycles. The van der Waals surface area contributed by atoms with Crippen LogP contribution in [0.25, 0.3) is 0 Å². The Kier molecular flexibility index (Phi) is 6.03. The standard InChI is InChI=1S/C22H21ClN2O4/c1-12-10-15(22(28)29)7-9-17(12)25-21(27)14-6-8-16(23)19(11-14)24-18-4-3-5-20(26)13(18)2/h6-11,24H,3-5H2,1-2H3,(H,25,27)(H,28,29). The molecule has 0 bridgehead atoms. The summed E-state index contributed by atoms with van der Waals surface area (Å²) in [7, 11) is 0. The van der Waals surface area contributed by atoms with Crippen molar-refractivity contribution in [2.45, 2.75) is 33.1 Å². The van der Waals surface area contributed by atoms with E-state index < -0.39 is 5.97 Å². The van der Waals surface area contributed by atoms with Crippen LogP contribution in [0, 0.1) is 6.92 Å². The van der Waals surface area contributed by atoms with Gasteiger partial charge in [0.25, 0.3) is 5.91 Å². The number of carboxylic acid groups (broad SMARTS) is 1. The molecule has 3 N–H and O–H groups in total. The number of ketones is 1. The highest BCUT2D eigenvalue weighted by Crippen LogP contribution is 2.29.